The molecule has 2 heterocycles. The molecule has 2 aromatic heterocycles. The zero-order valence-corrected chi connectivity index (χ0v) is 30.8. The predicted molar refractivity (Wildman–Crippen MR) is 235 cm³/mol. The molecule has 57 heavy (non-hydrogen) atoms. The molecule has 0 saturated heterocycles. The Balaban J connectivity index is 1.03. The third-order valence-corrected chi connectivity index (χ3v) is 10.9. The van der Waals surface area contributed by atoms with Crippen LogP contribution in [0.3, 0.4) is 0 Å². The molecule has 0 atom stereocenters. The molecular formula is C53H34N2O2. The fraction of sp³-hybridized carbons (Fsp3) is 0. The van der Waals surface area contributed by atoms with Gasteiger partial charge in [-0.3, -0.25) is 0 Å². The highest BCUT2D eigenvalue weighted by Gasteiger charge is 2.22. The van der Waals surface area contributed by atoms with Crippen molar-refractivity contribution in [2.45, 2.75) is 0 Å². The van der Waals surface area contributed by atoms with Crippen LogP contribution in [0.1, 0.15) is 0 Å². The molecule has 268 valence electrons. The molecule has 0 unspecified atom stereocenters. The first kappa shape index (κ1) is 32.7. The van der Waals surface area contributed by atoms with Crippen molar-refractivity contribution in [1.82, 2.24) is 4.98 Å². The molecule has 4 heteroatoms. The van der Waals surface area contributed by atoms with E-state index in [1.807, 2.05) is 48.5 Å². The van der Waals surface area contributed by atoms with Gasteiger partial charge in [0.15, 0.2) is 5.58 Å². The lowest BCUT2D eigenvalue weighted by molar-refractivity contribution is 0.620. The first-order valence-electron chi connectivity index (χ1n) is 19.2. The normalized spacial score (nSPS) is 11.5. The maximum Gasteiger partial charge on any atom is 0.227 e. The Hall–Kier alpha value is -7.69. The molecule has 0 aliphatic carbocycles. The van der Waals surface area contributed by atoms with Crippen molar-refractivity contribution in [3.63, 3.8) is 0 Å². The van der Waals surface area contributed by atoms with Crippen LogP contribution in [-0.4, -0.2) is 4.98 Å². The Morgan fingerprint density at radius 3 is 1.56 bits per heavy atom. The molecule has 0 saturated carbocycles. The van der Waals surface area contributed by atoms with E-state index in [2.05, 4.69) is 163 Å². The largest absolute Gasteiger partial charge is 0.455 e. The van der Waals surface area contributed by atoms with Gasteiger partial charge in [0.1, 0.15) is 16.7 Å². The highest BCUT2D eigenvalue weighted by atomic mass is 16.4. The molecule has 9 aromatic carbocycles. The molecule has 0 fully saturated rings. The van der Waals surface area contributed by atoms with E-state index in [4.69, 9.17) is 13.8 Å². The van der Waals surface area contributed by atoms with E-state index in [1.165, 1.54) is 33.0 Å². The average molecular weight is 731 g/mol. The Morgan fingerprint density at radius 1 is 0.351 bits per heavy atom. The van der Waals surface area contributed by atoms with Gasteiger partial charge in [-0.05, 0) is 105 Å². The molecular weight excluding hydrogens is 697 g/mol. The van der Waals surface area contributed by atoms with Crippen molar-refractivity contribution in [3.8, 4) is 44.8 Å². The Bertz CT molecular complexity index is 3200. The summed E-state index contributed by atoms with van der Waals surface area (Å²) in [5.74, 6) is 0.581. The number of anilines is 3. The standard InChI is InChI=1S/C53H34N2O2/c1-3-11-35(12-4-1)37-21-27-43(28-22-37)55(44-29-23-38(24-30-44)42-20-19-36-13-7-8-16-41(36)33-42)45-31-25-39(26-32-45)50-51-49(57-53(54-51)40-14-5-2-6-15-40)34-47-46-17-9-10-18-48(46)56-52(47)50/h1-34H. The Kier molecular flexibility index (Phi) is 7.78. The van der Waals surface area contributed by atoms with Gasteiger partial charge in [-0.25, -0.2) is 4.98 Å². The first-order chi connectivity index (χ1) is 28.2. The van der Waals surface area contributed by atoms with E-state index in [0.717, 1.165) is 66.8 Å². The summed E-state index contributed by atoms with van der Waals surface area (Å²) in [5, 5.41) is 4.52. The van der Waals surface area contributed by atoms with Crippen LogP contribution in [0.25, 0.3) is 88.6 Å². The van der Waals surface area contributed by atoms with Gasteiger partial charge in [0.05, 0.1) is 5.56 Å². The minimum Gasteiger partial charge on any atom is -0.455 e. The number of furan rings is 1. The van der Waals surface area contributed by atoms with Crippen LogP contribution in [0, 0.1) is 0 Å². The number of fused-ring (bicyclic) bond motifs is 5. The fourth-order valence-corrected chi connectivity index (χ4v) is 8.04. The number of hydrogen-bond donors (Lipinski definition) is 0. The summed E-state index contributed by atoms with van der Waals surface area (Å²) in [6.07, 6.45) is 0. The van der Waals surface area contributed by atoms with Crippen LogP contribution in [0.15, 0.2) is 215 Å². The second-order valence-electron chi connectivity index (χ2n) is 14.4. The summed E-state index contributed by atoms with van der Waals surface area (Å²) in [6, 6.07) is 72.3. The van der Waals surface area contributed by atoms with Crippen molar-refractivity contribution in [3.05, 3.63) is 206 Å². The lowest BCUT2D eigenvalue weighted by Gasteiger charge is -2.26. The van der Waals surface area contributed by atoms with Crippen LogP contribution < -0.4 is 4.90 Å². The van der Waals surface area contributed by atoms with Crippen molar-refractivity contribution in [2.75, 3.05) is 4.90 Å². The molecule has 0 N–H and O–H groups in total. The van der Waals surface area contributed by atoms with Crippen molar-refractivity contribution in [1.29, 1.82) is 0 Å². The minimum absolute atomic E-state index is 0.581. The lowest BCUT2D eigenvalue weighted by Crippen LogP contribution is -2.09. The smallest absolute Gasteiger partial charge is 0.227 e. The maximum atomic E-state index is 6.60. The highest BCUT2D eigenvalue weighted by Crippen LogP contribution is 2.44. The molecule has 11 aromatic rings. The number of para-hydroxylation sites is 1. The second-order valence-corrected chi connectivity index (χ2v) is 14.4. The molecule has 0 amide bonds. The van der Waals surface area contributed by atoms with Crippen LogP contribution in [0.2, 0.25) is 0 Å². The molecule has 0 radical (unpaired) electrons. The van der Waals surface area contributed by atoms with Gasteiger partial charge < -0.3 is 13.7 Å². The fourth-order valence-electron chi connectivity index (χ4n) is 8.04. The summed E-state index contributed by atoms with van der Waals surface area (Å²) in [5.41, 5.74) is 13.8. The predicted octanol–water partition coefficient (Wildman–Crippen LogP) is 15.0. The van der Waals surface area contributed by atoms with Gasteiger partial charge >= 0.3 is 0 Å². The Morgan fingerprint density at radius 2 is 0.877 bits per heavy atom. The number of hydrogen-bond acceptors (Lipinski definition) is 4. The third kappa shape index (κ3) is 5.83. The number of nitrogens with zero attached hydrogens (tertiary/aromatic N) is 2. The van der Waals surface area contributed by atoms with E-state index < -0.39 is 0 Å². The number of rotatable bonds is 7. The zero-order valence-electron chi connectivity index (χ0n) is 30.8. The summed E-state index contributed by atoms with van der Waals surface area (Å²) in [6.45, 7) is 0. The monoisotopic (exact) mass is 730 g/mol. The van der Waals surface area contributed by atoms with Crippen LogP contribution in [0.5, 0.6) is 0 Å². The first-order valence-corrected chi connectivity index (χ1v) is 19.2. The highest BCUT2D eigenvalue weighted by molar-refractivity contribution is 6.16. The van der Waals surface area contributed by atoms with Gasteiger partial charge in [0.25, 0.3) is 0 Å². The van der Waals surface area contributed by atoms with Gasteiger partial charge in [-0.2, -0.15) is 0 Å². The molecule has 11 rings (SSSR count). The van der Waals surface area contributed by atoms with Crippen molar-refractivity contribution < 1.29 is 8.83 Å². The molecule has 0 spiro atoms. The number of aromatic nitrogens is 1. The zero-order chi connectivity index (χ0) is 37.7. The minimum atomic E-state index is 0.581. The van der Waals surface area contributed by atoms with E-state index in [1.54, 1.807) is 0 Å². The molecule has 0 aliphatic rings. The average Bonchev–Trinajstić information content (AvgIpc) is 3.88. The van der Waals surface area contributed by atoms with Crippen molar-refractivity contribution >= 4 is 60.9 Å². The van der Waals surface area contributed by atoms with Crippen LogP contribution in [0.4, 0.5) is 17.1 Å². The summed E-state index contributed by atoms with van der Waals surface area (Å²) in [7, 11) is 0. The van der Waals surface area contributed by atoms with Crippen molar-refractivity contribution in [2.24, 2.45) is 0 Å². The summed E-state index contributed by atoms with van der Waals surface area (Å²) < 4.78 is 13.1. The van der Waals surface area contributed by atoms with E-state index in [0.29, 0.717) is 5.89 Å². The van der Waals surface area contributed by atoms with Gasteiger partial charge in [-0.15, -0.1) is 0 Å². The summed E-state index contributed by atoms with van der Waals surface area (Å²) in [4.78, 5) is 7.39. The van der Waals surface area contributed by atoms with Crippen LogP contribution in [-0.2, 0) is 0 Å². The SMILES string of the molecule is c1ccc(-c2ccc(N(c3ccc(-c4ccc5ccccc5c4)cc3)c3ccc(-c4c5nc(-c6ccccc6)oc5cc5c4oc4ccccc45)cc3)cc2)cc1. The van der Waals surface area contributed by atoms with Gasteiger partial charge in [-0.1, -0.05) is 140 Å². The quantitative estimate of drug-likeness (QED) is 0.164. The topological polar surface area (TPSA) is 42.4 Å². The van der Waals surface area contributed by atoms with Crippen LogP contribution >= 0.6 is 0 Å². The van der Waals surface area contributed by atoms with Gasteiger partial charge in [0, 0.05) is 33.4 Å². The Labute approximate surface area is 329 Å². The summed E-state index contributed by atoms with van der Waals surface area (Å²) >= 11 is 0. The third-order valence-electron chi connectivity index (χ3n) is 10.9. The molecule has 0 aliphatic heterocycles. The van der Waals surface area contributed by atoms with Gasteiger partial charge in [0.2, 0.25) is 5.89 Å². The molecule has 0 bridgehead atoms. The second kappa shape index (κ2) is 13.6. The van der Waals surface area contributed by atoms with E-state index in [-0.39, 0.29) is 0 Å². The van der Waals surface area contributed by atoms with E-state index >= 15 is 0 Å². The maximum absolute atomic E-state index is 6.60. The number of oxazole rings is 1. The lowest BCUT2D eigenvalue weighted by atomic mass is 9.99. The molecule has 4 nitrogen and oxygen atoms in total. The van der Waals surface area contributed by atoms with E-state index in [9.17, 15) is 0 Å². The number of benzene rings is 9.